The number of rotatable bonds is 7. The normalized spacial score (nSPS) is 11.3. The number of nitrogen functional groups attached to an aromatic ring is 1. The van der Waals surface area contributed by atoms with Crippen LogP contribution in [0.15, 0.2) is 59.1 Å². The summed E-state index contributed by atoms with van der Waals surface area (Å²) in [5.41, 5.74) is 6.85. The predicted octanol–water partition coefficient (Wildman–Crippen LogP) is 1.37. The first-order chi connectivity index (χ1) is 13.5. The van der Waals surface area contributed by atoms with Crippen molar-refractivity contribution in [1.82, 2.24) is 19.9 Å². The van der Waals surface area contributed by atoms with E-state index in [9.17, 15) is 8.42 Å². The van der Waals surface area contributed by atoms with Gasteiger partial charge in [0.05, 0.1) is 16.7 Å². The molecule has 11 nitrogen and oxygen atoms in total. The van der Waals surface area contributed by atoms with E-state index in [1.54, 1.807) is 18.2 Å². The van der Waals surface area contributed by atoms with Gasteiger partial charge in [-0.15, -0.1) is 0 Å². The zero-order chi connectivity index (χ0) is 20.0. The second kappa shape index (κ2) is 8.26. The van der Waals surface area contributed by atoms with E-state index in [-0.39, 0.29) is 16.7 Å². The summed E-state index contributed by atoms with van der Waals surface area (Å²) in [7, 11) is -2.42. The largest absolute Gasteiger partial charge is 0.399 e. The summed E-state index contributed by atoms with van der Waals surface area (Å²) in [5.74, 6) is 0.590. The first-order valence-corrected chi connectivity index (χ1v) is 9.32. The molecule has 0 saturated heterocycles. The molecular weight excluding hydrogens is 384 g/mol. The highest BCUT2D eigenvalue weighted by atomic mass is 32.2. The third kappa shape index (κ3) is 4.48. The van der Waals surface area contributed by atoms with Crippen LogP contribution in [0.1, 0.15) is 5.56 Å². The standard InChI is InChI=1S/C16H16N8O3S/c1-27-22-9-13-14(17)20-10-21-15(13)23-11-3-5-12(6-4-11)28(25,26)24-16-18-7-2-8-19-16/h2-10H,1H3,(H,18,19,24)(H3,17,20,21,23). The molecule has 0 bridgehead atoms. The number of aromatic nitrogens is 4. The lowest BCUT2D eigenvalue weighted by molar-refractivity contribution is 0.215. The van der Waals surface area contributed by atoms with Gasteiger partial charge in [0.1, 0.15) is 25.1 Å². The maximum atomic E-state index is 12.4. The van der Waals surface area contributed by atoms with Crippen molar-refractivity contribution in [3.05, 3.63) is 54.6 Å². The summed E-state index contributed by atoms with van der Waals surface area (Å²) < 4.78 is 27.1. The molecule has 144 valence electrons. The molecule has 1 aromatic carbocycles. The molecular formula is C16H16N8O3S. The third-order valence-electron chi connectivity index (χ3n) is 3.42. The Morgan fingerprint density at radius 2 is 1.82 bits per heavy atom. The molecule has 3 aromatic rings. The molecule has 0 aliphatic heterocycles. The van der Waals surface area contributed by atoms with Crippen LogP contribution in [0.5, 0.6) is 0 Å². The Kier molecular flexibility index (Phi) is 5.60. The number of sulfonamides is 1. The van der Waals surface area contributed by atoms with Gasteiger partial charge in [-0.3, -0.25) is 0 Å². The van der Waals surface area contributed by atoms with Crippen molar-refractivity contribution < 1.29 is 13.3 Å². The lowest BCUT2D eigenvalue weighted by Gasteiger charge is -2.10. The van der Waals surface area contributed by atoms with Crippen LogP contribution in [-0.4, -0.2) is 41.7 Å². The van der Waals surface area contributed by atoms with E-state index in [1.165, 1.54) is 44.2 Å². The average Bonchev–Trinajstić information content (AvgIpc) is 2.68. The number of hydrogen-bond acceptors (Lipinski definition) is 10. The molecule has 0 aliphatic carbocycles. The van der Waals surface area contributed by atoms with Gasteiger partial charge in [-0.05, 0) is 30.3 Å². The van der Waals surface area contributed by atoms with Gasteiger partial charge < -0.3 is 15.9 Å². The molecule has 2 heterocycles. The van der Waals surface area contributed by atoms with Crippen molar-refractivity contribution in [1.29, 1.82) is 0 Å². The van der Waals surface area contributed by atoms with E-state index in [1.807, 2.05) is 0 Å². The quantitative estimate of drug-likeness (QED) is 0.393. The van der Waals surface area contributed by atoms with E-state index < -0.39 is 10.0 Å². The van der Waals surface area contributed by atoms with Gasteiger partial charge in [0.15, 0.2) is 0 Å². The number of anilines is 4. The van der Waals surface area contributed by atoms with Crippen molar-refractivity contribution >= 4 is 39.5 Å². The molecule has 0 saturated carbocycles. The summed E-state index contributed by atoms with van der Waals surface area (Å²) >= 11 is 0. The summed E-state index contributed by atoms with van der Waals surface area (Å²) in [6.07, 6.45) is 5.55. The fraction of sp³-hybridized carbons (Fsp3) is 0.0625. The molecule has 28 heavy (non-hydrogen) atoms. The van der Waals surface area contributed by atoms with Gasteiger partial charge in [0.2, 0.25) is 5.95 Å². The number of hydrogen-bond donors (Lipinski definition) is 3. The molecule has 0 spiro atoms. The summed E-state index contributed by atoms with van der Waals surface area (Å²) in [6.45, 7) is 0. The molecule has 0 unspecified atom stereocenters. The highest BCUT2D eigenvalue weighted by molar-refractivity contribution is 7.92. The predicted molar refractivity (Wildman–Crippen MR) is 104 cm³/mol. The fourth-order valence-electron chi connectivity index (χ4n) is 2.13. The molecule has 2 aromatic heterocycles. The Bertz CT molecular complexity index is 1070. The lowest BCUT2D eigenvalue weighted by Crippen LogP contribution is -2.14. The minimum Gasteiger partial charge on any atom is -0.399 e. The first kappa shape index (κ1) is 19.0. The zero-order valence-corrected chi connectivity index (χ0v) is 15.5. The van der Waals surface area contributed by atoms with Crippen LogP contribution >= 0.6 is 0 Å². The van der Waals surface area contributed by atoms with Gasteiger partial charge in [0, 0.05) is 18.1 Å². The minimum atomic E-state index is -3.82. The van der Waals surface area contributed by atoms with Gasteiger partial charge in [-0.25, -0.2) is 33.1 Å². The van der Waals surface area contributed by atoms with E-state index in [4.69, 9.17) is 5.73 Å². The van der Waals surface area contributed by atoms with Gasteiger partial charge in [0.25, 0.3) is 10.0 Å². The van der Waals surface area contributed by atoms with Crippen molar-refractivity contribution in [2.45, 2.75) is 4.90 Å². The maximum absolute atomic E-state index is 12.4. The molecule has 0 amide bonds. The van der Waals surface area contributed by atoms with Crippen molar-refractivity contribution in [2.75, 3.05) is 22.9 Å². The molecule has 0 fully saturated rings. The SMILES string of the molecule is CON=Cc1c(N)ncnc1Nc1ccc(S(=O)(=O)Nc2ncccn2)cc1. The number of nitrogens with zero attached hydrogens (tertiary/aromatic N) is 5. The number of nitrogens with one attached hydrogen (secondary N) is 2. The van der Waals surface area contributed by atoms with Crippen molar-refractivity contribution in [3.8, 4) is 0 Å². The van der Waals surface area contributed by atoms with Crippen LogP contribution in [0.2, 0.25) is 0 Å². The summed E-state index contributed by atoms with van der Waals surface area (Å²) in [6, 6.07) is 7.61. The highest BCUT2D eigenvalue weighted by Crippen LogP contribution is 2.22. The molecule has 4 N–H and O–H groups in total. The average molecular weight is 400 g/mol. The molecule has 0 radical (unpaired) electrons. The van der Waals surface area contributed by atoms with Gasteiger partial charge in [-0.2, -0.15) is 0 Å². The topological polar surface area (TPSA) is 157 Å². The van der Waals surface area contributed by atoms with Crippen molar-refractivity contribution in [2.24, 2.45) is 5.16 Å². The van der Waals surface area contributed by atoms with Crippen LogP contribution in [0.25, 0.3) is 0 Å². The second-order valence-corrected chi connectivity index (χ2v) is 6.95. The van der Waals surface area contributed by atoms with Crippen molar-refractivity contribution in [3.63, 3.8) is 0 Å². The Morgan fingerprint density at radius 1 is 1.11 bits per heavy atom. The van der Waals surface area contributed by atoms with E-state index in [0.717, 1.165) is 0 Å². The molecule has 3 rings (SSSR count). The molecule has 0 atom stereocenters. The Labute approximate surface area is 160 Å². The van der Waals surface area contributed by atoms with E-state index in [0.29, 0.717) is 17.1 Å². The monoisotopic (exact) mass is 400 g/mol. The summed E-state index contributed by atoms with van der Waals surface area (Å²) in [4.78, 5) is 20.4. The third-order valence-corrected chi connectivity index (χ3v) is 4.76. The minimum absolute atomic E-state index is 0.0109. The first-order valence-electron chi connectivity index (χ1n) is 7.83. The maximum Gasteiger partial charge on any atom is 0.264 e. The van der Waals surface area contributed by atoms with Crippen LogP contribution in [-0.2, 0) is 14.9 Å². The highest BCUT2D eigenvalue weighted by Gasteiger charge is 2.15. The molecule has 12 heteroatoms. The molecule has 0 aliphatic rings. The zero-order valence-electron chi connectivity index (χ0n) is 14.6. The Morgan fingerprint density at radius 3 is 2.50 bits per heavy atom. The fourth-order valence-corrected chi connectivity index (χ4v) is 3.08. The number of nitrogens with two attached hydrogens (primary N) is 1. The van der Waals surface area contributed by atoms with Crippen LogP contribution in [0.3, 0.4) is 0 Å². The van der Waals surface area contributed by atoms with Gasteiger partial charge >= 0.3 is 0 Å². The smallest absolute Gasteiger partial charge is 0.264 e. The van der Waals surface area contributed by atoms with Crippen LogP contribution < -0.4 is 15.8 Å². The Hall–Kier alpha value is -3.80. The second-order valence-electron chi connectivity index (χ2n) is 5.27. The lowest BCUT2D eigenvalue weighted by atomic mass is 10.2. The van der Waals surface area contributed by atoms with Gasteiger partial charge in [-0.1, -0.05) is 5.16 Å². The Balaban J connectivity index is 1.80. The number of oxime groups is 1. The van der Waals surface area contributed by atoms with E-state index in [2.05, 4.69) is 40.0 Å². The summed E-state index contributed by atoms with van der Waals surface area (Å²) in [5, 5.41) is 6.70. The number of benzene rings is 1. The van der Waals surface area contributed by atoms with Crippen LogP contribution in [0.4, 0.5) is 23.3 Å². The van der Waals surface area contributed by atoms with E-state index >= 15 is 0 Å². The van der Waals surface area contributed by atoms with Crippen LogP contribution in [0, 0.1) is 0 Å².